The molecule has 4 heteroatoms. The number of hydrogen-bond acceptors (Lipinski definition) is 0. The van der Waals surface area contributed by atoms with Gasteiger partial charge in [-0.05, 0) is 0 Å². The van der Waals surface area contributed by atoms with Crippen LogP contribution in [0.4, 0.5) is 0 Å². The second-order valence-corrected chi connectivity index (χ2v) is 68.0. The van der Waals surface area contributed by atoms with E-state index in [1.807, 2.05) is 0 Å². The minimum atomic E-state index is -5.39. The summed E-state index contributed by atoms with van der Waals surface area (Å²) in [6.07, 6.45) is 5.86. The van der Waals surface area contributed by atoms with Crippen LogP contribution in [0.2, 0.25) is 10.7 Å². The molecule has 6 aromatic rings. The van der Waals surface area contributed by atoms with Crippen molar-refractivity contribution in [2.24, 2.45) is 0 Å². The van der Waals surface area contributed by atoms with Crippen molar-refractivity contribution in [3.63, 3.8) is 0 Å². The van der Waals surface area contributed by atoms with E-state index >= 15 is 0 Å². The van der Waals surface area contributed by atoms with Crippen LogP contribution in [0.15, 0.2) is 132 Å². The molecule has 240 valence electrons. The van der Waals surface area contributed by atoms with Crippen molar-refractivity contribution >= 4 is 57.4 Å². The van der Waals surface area contributed by atoms with Crippen LogP contribution in [0.3, 0.4) is 0 Å². The molecule has 0 spiro atoms. The number of hydrogen-bond donors (Lipinski definition) is 0. The van der Waals surface area contributed by atoms with Crippen molar-refractivity contribution in [3.8, 4) is 22.3 Å². The summed E-state index contributed by atoms with van der Waals surface area (Å²) < 4.78 is 1.02. The molecule has 2 unspecified atom stereocenters. The van der Waals surface area contributed by atoms with Crippen LogP contribution in [-0.2, 0) is 14.1 Å². The van der Waals surface area contributed by atoms with Crippen molar-refractivity contribution in [2.45, 2.75) is 45.1 Å². The first-order valence-corrected chi connectivity index (χ1v) is 35.8. The van der Waals surface area contributed by atoms with Crippen molar-refractivity contribution in [3.05, 3.63) is 155 Å². The van der Waals surface area contributed by atoms with Crippen molar-refractivity contribution in [2.75, 3.05) is 0 Å². The van der Waals surface area contributed by atoms with E-state index in [-0.39, 0.29) is 7.25 Å². The number of rotatable bonds is 7. The molecule has 48 heavy (non-hydrogen) atoms. The summed E-state index contributed by atoms with van der Waals surface area (Å²) in [4.78, 5) is 0. The van der Waals surface area contributed by atoms with Crippen LogP contribution in [-0.4, -0.2) is 6.65 Å². The molecular weight excluding hydrogens is 719 g/mol. The van der Waals surface area contributed by atoms with Gasteiger partial charge in [-0.2, -0.15) is 0 Å². The molecule has 6 aromatic carbocycles. The van der Waals surface area contributed by atoms with Crippen LogP contribution >= 0.6 is 17.0 Å². The second kappa shape index (κ2) is 11.3. The zero-order valence-electron chi connectivity index (χ0n) is 28.2. The van der Waals surface area contributed by atoms with E-state index in [0.29, 0.717) is 0 Å². The molecule has 0 saturated carbocycles. The van der Waals surface area contributed by atoms with Gasteiger partial charge < -0.3 is 0 Å². The minimum absolute atomic E-state index is 0.0524. The van der Waals surface area contributed by atoms with E-state index in [2.05, 4.69) is 161 Å². The number of benzene rings is 6. The fraction of sp³-hybridized carbons (Fsp3) is 0.182. The molecular formula is C44H42Cl2SiZr. The number of fused-ring (bicyclic) bond motifs is 4. The molecule has 2 atom stereocenters. The van der Waals surface area contributed by atoms with Gasteiger partial charge in [0.2, 0.25) is 0 Å². The molecule has 0 heterocycles. The molecule has 0 radical (unpaired) electrons. The molecule has 0 fully saturated rings. The molecule has 0 amide bonds. The summed E-state index contributed by atoms with van der Waals surface area (Å²) in [6, 6.07) is 44.5. The molecule has 0 aliphatic heterocycles. The van der Waals surface area contributed by atoms with Crippen molar-refractivity contribution < 1.29 is 14.1 Å². The van der Waals surface area contributed by atoms with Gasteiger partial charge in [-0.15, -0.1) is 0 Å². The molecule has 8 rings (SSSR count). The average Bonchev–Trinajstić information content (AvgIpc) is 3.65. The Hall–Kier alpha value is -3.00. The first-order valence-electron chi connectivity index (χ1n) is 17.5. The van der Waals surface area contributed by atoms with Gasteiger partial charge >= 0.3 is 294 Å². The topological polar surface area (TPSA) is 0 Å². The van der Waals surface area contributed by atoms with Gasteiger partial charge in [-0.3, -0.25) is 0 Å². The number of allylic oxidation sites excluding steroid dienone is 2. The average molecular weight is 761 g/mol. The van der Waals surface area contributed by atoms with Gasteiger partial charge in [0.25, 0.3) is 0 Å². The van der Waals surface area contributed by atoms with E-state index in [9.17, 15) is 0 Å². The predicted molar refractivity (Wildman–Crippen MR) is 213 cm³/mol. The normalized spacial score (nSPS) is 18.9. The Bertz CT molecular complexity index is 2200. The third kappa shape index (κ3) is 4.49. The first-order chi connectivity index (χ1) is 23.1. The predicted octanol–water partition coefficient (Wildman–Crippen LogP) is 13.4. The third-order valence-electron chi connectivity index (χ3n) is 12.1. The monoisotopic (exact) mass is 758 g/mol. The standard InChI is InChI=1S/2C20H15.C3H7.CH5Si.2ClH.Zr/c2*1-14-12-16-8-5-11-19(20(16)13-14)18-10-4-7-15-6-2-3-9-17(15)18;1-3-2;1-2;;;/h2*2-13H,1H3;1,3H2,2H3;2H2,1H3;2*1H;/q;;;;;;+2/p-2. The van der Waals surface area contributed by atoms with Gasteiger partial charge in [0, 0.05) is 0 Å². The van der Waals surface area contributed by atoms with E-state index in [4.69, 9.17) is 17.0 Å². The Kier molecular flexibility index (Phi) is 7.56. The maximum absolute atomic E-state index is 8.93. The van der Waals surface area contributed by atoms with Crippen LogP contribution in [0.5, 0.6) is 0 Å². The SMILES string of the molecule is CC[CH2][Zr]([Cl])([Cl])([SiH2]C)([CH]1C(C)=Cc2c(-c3cccc4ccccc34)cccc21)[CH]1C(C)=Cc2c(-c3cccc4ccccc34)cccc21. The Balaban J connectivity index is 1.36. The van der Waals surface area contributed by atoms with Gasteiger partial charge in [-0.25, -0.2) is 0 Å². The molecule has 2 aliphatic rings. The summed E-state index contributed by atoms with van der Waals surface area (Å²) in [6.45, 7) is 8.42. The fourth-order valence-electron chi connectivity index (χ4n) is 10.3. The summed E-state index contributed by atoms with van der Waals surface area (Å²) >= 11 is -5.39. The molecule has 0 bridgehead atoms. The third-order valence-corrected chi connectivity index (χ3v) is 67.5. The molecule has 0 saturated heterocycles. The van der Waals surface area contributed by atoms with Crippen LogP contribution < -0.4 is 0 Å². The summed E-state index contributed by atoms with van der Waals surface area (Å²) in [5.41, 5.74) is 13.1. The Morgan fingerprint density at radius 1 is 0.542 bits per heavy atom. The number of halogens is 2. The van der Waals surface area contributed by atoms with Crippen LogP contribution in [0.25, 0.3) is 56.0 Å². The molecule has 0 aromatic heterocycles. The molecule has 0 nitrogen and oxygen atoms in total. The van der Waals surface area contributed by atoms with Crippen LogP contribution in [0.1, 0.15) is 56.7 Å². The van der Waals surface area contributed by atoms with Gasteiger partial charge in [0.05, 0.1) is 0 Å². The quantitative estimate of drug-likeness (QED) is 0.142. The van der Waals surface area contributed by atoms with Crippen molar-refractivity contribution in [1.82, 2.24) is 0 Å². The second-order valence-electron chi connectivity index (χ2n) is 14.7. The van der Waals surface area contributed by atoms with E-state index in [1.165, 1.54) is 77.2 Å². The summed E-state index contributed by atoms with van der Waals surface area (Å²) in [5, 5.41) is 5.08. The summed E-state index contributed by atoms with van der Waals surface area (Å²) in [7, 11) is 17.9. The van der Waals surface area contributed by atoms with E-state index in [0.717, 1.165) is 10.5 Å². The van der Waals surface area contributed by atoms with Gasteiger partial charge in [0.1, 0.15) is 0 Å². The molecule has 2 aliphatic carbocycles. The van der Waals surface area contributed by atoms with Crippen LogP contribution in [0, 0.1) is 0 Å². The Morgan fingerprint density at radius 3 is 1.38 bits per heavy atom. The Morgan fingerprint density at radius 2 is 0.938 bits per heavy atom. The first kappa shape index (κ1) is 32.2. The van der Waals surface area contributed by atoms with Gasteiger partial charge in [-0.1, -0.05) is 0 Å². The van der Waals surface area contributed by atoms with E-state index < -0.39 is 20.7 Å². The Labute approximate surface area is 291 Å². The van der Waals surface area contributed by atoms with E-state index in [1.54, 1.807) is 0 Å². The zero-order valence-corrected chi connectivity index (χ0v) is 33.6. The van der Waals surface area contributed by atoms with Crippen molar-refractivity contribution in [1.29, 1.82) is 0 Å². The molecule has 0 N–H and O–H groups in total. The summed E-state index contributed by atoms with van der Waals surface area (Å²) in [5.74, 6) is 0. The zero-order chi connectivity index (χ0) is 33.3. The fourth-order valence-corrected chi connectivity index (χ4v) is 55.1. The maximum atomic E-state index is 8.93. The van der Waals surface area contributed by atoms with Gasteiger partial charge in [0.15, 0.2) is 0 Å².